The fraction of sp³-hybridized carbons (Fsp3) is 0.294. The highest BCUT2D eigenvalue weighted by atomic mass is 19.4. The molecule has 3 aromatic carbocycles. The average Bonchev–Trinajstić information content (AvgIpc) is 2.99. The molecular weight excluding hydrogens is 551 g/mol. The molecule has 5 rings (SSSR count). The Kier molecular flexibility index (Phi) is 10.1. The smallest absolute Gasteiger partial charge is 0.384 e. The van der Waals surface area contributed by atoms with Gasteiger partial charge in [0.25, 0.3) is 5.91 Å². The van der Waals surface area contributed by atoms with E-state index in [1.165, 1.54) is 12.1 Å². The second kappa shape index (κ2) is 13.7. The number of anilines is 2. The summed E-state index contributed by atoms with van der Waals surface area (Å²) in [7, 11) is 2.00. The maximum Gasteiger partial charge on any atom is 0.416 e. The Morgan fingerprint density at radius 1 is 0.953 bits per heavy atom. The Morgan fingerprint density at radius 3 is 2.37 bits per heavy atom. The number of alkyl halides is 3. The van der Waals surface area contributed by atoms with Gasteiger partial charge >= 0.3 is 6.18 Å². The number of nitrogens with two attached hydrogens (primary N) is 1. The number of amides is 1. The van der Waals surface area contributed by atoms with Gasteiger partial charge in [0.05, 0.1) is 11.1 Å². The SMILES string of the molecule is CC.Cc1ccc(C(=O)Nc2ccc(CN3CCN(C)CC3)c(C(F)(F)F)c2)cc1C#Cc1cc(N)nc2ccccc12. The van der Waals surface area contributed by atoms with Crippen LogP contribution in [0, 0.1) is 18.8 Å². The quantitative estimate of drug-likeness (QED) is 0.264. The van der Waals surface area contributed by atoms with E-state index >= 15 is 0 Å². The van der Waals surface area contributed by atoms with E-state index in [4.69, 9.17) is 5.73 Å². The summed E-state index contributed by atoms with van der Waals surface area (Å²) in [5.41, 5.74) is 8.68. The summed E-state index contributed by atoms with van der Waals surface area (Å²) in [4.78, 5) is 21.6. The van der Waals surface area contributed by atoms with Crippen molar-refractivity contribution in [1.82, 2.24) is 14.8 Å². The third kappa shape index (κ3) is 7.92. The molecule has 6 nitrogen and oxygen atoms in total. The Labute approximate surface area is 250 Å². The number of hydrogen-bond acceptors (Lipinski definition) is 5. The lowest BCUT2D eigenvalue weighted by Crippen LogP contribution is -2.44. The molecule has 0 saturated carbocycles. The zero-order chi connectivity index (χ0) is 31.1. The molecule has 1 amide bonds. The number of para-hydroxylation sites is 1. The Hall–Kier alpha value is -4.39. The number of halogens is 3. The van der Waals surface area contributed by atoms with Crippen molar-refractivity contribution in [3.05, 3.63) is 100 Å². The first kappa shape index (κ1) is 31.5. The minimum atomic E-state index is -4.55. The molecule has 1 saturated heterocycles. The van der Waals surface area contributed by atoms with Gasteiger partial charge in [0, 0.05) is 60.5 Å². The number of nitrogen functional groups attached to an aromatic ring is 1. The van der Waals surface area contributed by atoms with Gasteiger partial charge in [0.15, 0.2) is 0 Å². The zero-order valence-electron chi connectivity index (χ0n) is 24.8. The number of nitrogens with zero attached hydrogens (tertiary/aromatic N) is 3. The molecule has 1 aliphatic rings. The number of nitrogens with one attached hydrogen (secondary N) is 1. The number of rotatable bonds is 4. The number of likely N-dealkylation sites (N-methyl/N-ethyl adjacent to an activating group) is 1. The van der Waals surface area contributed by atoms with Gasteiger partial charge in [0.1, 0.15) is 5.82 Å². The molecule has 0 unspecified atom stereocenters. The summed E-state index contributed by atoms with van der Waals surface area (Å²) >= 11 is 0. The number of aromatic nitrogens is 1. The molecule has 0 atom stereocenters. The largest absolute Gasteiger partial charge is 0.416 e. The van der Waals surface area contributed by atoms with Crippen LogP contribution in [-0.2, 0) is 12.7 Å². The van der Waals surface area contributed by atoms with Crippen molar-refractivity contribution in [3.8, 4) is 11.8 Å². The van der Waals surface area contributed by atoms with Crippen LogP contribution < -0.4 is 11.1 Å². The van der Waals surface area contributed by atoms with Gasteiger partial charge in [0.2, 0.25) is 0 Å². The highest BCUT2D eigenvalue weighted by molar-refractivity contribution is 6.04. The van der Waals surface area contributed by atoms with E-state index in [1.54, 1.807) is 24.3 Å². The van der Waals surface area contributed by atoms with Crippen molar-refractivity contribution in [1.29, 1.82) is 0 Å². The Morgan fingerprint density at radius 2 is 1.65 bits per heavy atom. The minimum absolute atomic E-state index is 0.0800. The molecule has 0 radical (unpaired) electrons. The number of aryl methyl sites for hydroxylation is 1. The number of pyridine rings is 1. The molecule has 43 heavy (non-hydrogen) atoms. The Bertz CT molecular complexity index is 1660. The van der Waals surface area contributed by atoms with Gasteiger partial charge in [-0.3, -0.25) is 9.69 Å². The summed E-state index contributed by atoms with van der Waals surface area (Å²) in [6.07, 6.45) is -4.55. The maximum atomic E-state index is 14.0. The molecule has 9 heteroatoms. The van der Waals surface area contributed by atoms with Crippen LogP contribution in [0.5, 0.6) is 0 Å². The second-order valence-electron chi connectivity index (χ2n) is 10.3. The van der Waals surface area contributed by atoms with Crippen molar-refractivity contribution < 1.29 is 18.0 Å². The lowest BCUT2D eigenvalue weighted by molar-refractivity contribution is -0.138. The van der Waals surface area contributed by atoms with Crippen molar-refractivity contribution in [2.45, 2.75) is 33.5 Å². The average molecular weight is 588 g/mol. The number of benzene rings is 3. The highest BCUT2D eigenvalue weighted by Gasteiger charge is 2.34. The third-order valence-corrected chi connectivity index (χ3v) is 7.23. The molecular formula is C34H36F3N5O. The van der Waals surface area contributed by atoms with Crippen LogP contribution in [0.15, 0.2) is 66.7 Å². The first-order chi connectivity index (χ1) is 20.6. The van der Waals surface area contributed by atoms with Crippen LogP contribution in [-0.4, -0.2) is 53.9 Å². The Balaban J connectivity index is 0.00000207. The van der Waals surface area contributed by atoms with Gasteiger partial charge in [-0.05, 0) is 61.5 Å². The normalized spacial score (nSPS) is 13.9. The van der Waals surface area contributed by atoms with Crippen LogP contribution in [0.2, 0.25) is 0 Å². The van der Waals surface area contributed by atoms with E-state index in [1.807, 2.05) is 57.0 Å². The molecule has 1 fully saturated rings. The lowest BCUT2D eigenvalue weighted by Gasteiger charge is -2.33. The van der Waals surface area contributed by atoms with E-state index in [0.717, 1.165) is 35.6 Å². The molecule has 3 N–H and O–H groups in total. The number of fused-ring (bicyclic) bond motifs is 1. The molecule has 0 bridgehead atoms. The van der Waals surface area contributed by atoms with Crippen LogP contribution in [0.1, 0.15) is 52.0 Å². The first-order valence-electron chi connectivity index (χ1n) is 14.3. The third-order valence-electron chi connectivity index (χ3n) is 7.23. The molecule has 0 spiro atoms. The topological polar surface area (TPSA) is 74.5 Å². The summed E-state index contributed by atoms with van der Waals surface area (Å²) in [6, 6.07) is 18.2. The van der Waals surface area contributed by atoms with Gasteiger partial charge < -0.3 is 16.0 Å². The predicted molar refractivity (Wildman–Crippen MR) is 167 cm³/mol. The molecule has 4 aromatic rings. The van der Waals surface area contributed by atoms with Gasteiger partial charge in [-0.25, -0.2) is 4.98 Å². The fourth-order valence-corrected chi connectivity index (χ4v) is 4.84. The van der Waals surface area contributed by atoms with E-state index < -0.39 is 17.6 Å². The van der Waals surface area contributed by atoms with Crippen LogP contribution >= 0.6 is 0 Å². The summed E-state index contributed by atoms with van der Waals surface area (Å²) in [5.74, 6) is 6.08. The monoisotopic (exact) mass is 587 g/mol. The van der Waals surface area contributed by atoms with Gasteiger partial charge in [-0.15, -0.1) is 0 Å². The van der Waals surface area contributed by atoms with Crippen LogP contribution in [0.3, 0.4) is 0 Å². The summed E-state index contributed by atoms with van der Waals surface area (Å²) < 4.78 is 41.9. The van der Waals surface area contributed by atoms with E-state index in [9.17, 15) is 18.0 Å². The van der Waals surface area contributed by atoms with Crippen LogP contribution in [0.4, 0.5) is 24.7 Å². The lowest BCUT2D eigenvalue weighted by atomic mass is 10.0. The molecule has 1 aliphatic heterocycles. The standard InChI is InChI=1S/C32H30F3N5O.C2H6/c1-21-7-8-24(17-22(21)9-10-23-18-30(36)38-29-6-4-3-5-27(23)29)31(41)37-26-12-11-25(28(19-26)32(33,34)35)20-40-15-13-39(2)14-16-40;1-2/h3-8,11-12,17-19H,13-16,20H2,1-2H3,(H2,36,38)(H,37,41);1-2H3. The minimum Gasteiger partial charge on any atom is -0.384 e. The summed E-state index contributed by atoms with van der Waals surface area (Å²) in [5, 5.41) is 3.49. The van der Waals surface area contributed by atoms with Crippen molar-refractivity contribution >= 4 is 28.3 Å². The molecule has 1 aromatic heterocycles. The molecule has 2 heterocycles. The van der Waals surface area contributed by atoms with E-state index in [2.05, 4.69) is 27.0 Å². The maximum absolute atomic E-state index is 14.0. The van der Waals surface area contributed by atoms with E-state index in [0.29, 0.717) is 30.0 Å². The van der Waals surface area contributed by atoms with Crippen molar-refractivity contribution in [2.24, 2.45) is 0 Å². The fourth-order valence-electron chi connectivity index (χ4n) is 4.84. The van der Waals surface area contributed by atoms with Gasteiger partial charge in [-0.2, -0.15) is 13.2 Å². The summed E-state index contributed by atoms with van der Waals surface area (Å²) in [6.45, 7) is 9.11. The van der Waals surface area contributed by atoms with Gasteiger partial charge in [-0.1, -0.05) is 56.0 Å². The molecule has 0 aliphatic carbocycles. The zero-order valence-corrected chi connectivity index (χ0v) is 24.8. The number of hydrogen-bond donors (Lipinski definition) is 2. The second-order valence-corrected chi connectivity index (χ2v) is 10.3. The van der Waals surface area contributed by atoms with Crippen molar-refractivity contribution in [3.63, 3.8) is 0 Å². The molecule has 224 valence electrons. The number of piperazine rings is 1. The predicted octanol–water partition coefficient (Wildman–Crippen LogP) is 6.57. The van der Waals surface area contributed by atoms with E-state index in [-0.39, 0.29) is 23.4 Å². The number of carbonyl (C=O) groups is 1. The van der Waals surface area contributed by atoms with Crippen LogP contribution in [0.25, 0.3) is 10.9 Å². The van der Waals surface area contributed by atoms with Crippen molar-refractivity contribution in [2.75, 3.05) is 44.3 Å². The highest BCUT2D eigenvalue weighted by Crippen LogP contribution is 2.35. The first-order valence-corrected chi connectivity index (χ1v) is 14.3. The number of carbonyl (C=O) groups excluding carboxylic acids is 1.